The Balaban J connectivity index is 1.71. The Morgan fingerprint density at radius 2 is 1.28 bits per heavy atom. The van der Waals surface area contributed by atoms with Crippen molar-refractivity contribution in [2.24, 2.45) is 0 Å². The van der Waals surface area contributed by atoms with Crippen molar-refractivity contribution in [3.05, 3.63) is 83.9 Å². The third-order valence-corrected chi connectivity index (χ3v) is 5.49. The number of halogens is 2. The molecule has 3 aromatic rings. The molecule has 0 spiro atoms. The van der Waals surface area contributed by atoms with Crippen LogP contribution in [0, 0.1) is 11.6 Å². The molecule has 2 heteroatoms. The molecule has 152 valence electrons. The quantitative estimate of drug-likeness (QED) is 0.303. The van der Waals surface area contributed by atoms with E-state index in [0.29, 0.717) is 16.7 Å². The van der Waals surface area contributed by atoms with Gasteiger partial charge in [-0.15, -0.1) is 0 Å². The lowest BCUT2D eigenvalue weighted by Gasteiger charge is -2.13. The van der Waals surface area contributed by atoms with Gasteiger partial charge in [0.2, 0.25) is 0 Å². The Labute approximate surface area is 173 Å². The number of benzene rings is 3. The first-order valence-corrected chi connectivity index (χ1v) is 10.8. The molecule has 3 aromatic carbocycles. The molecule has 0 aliphatic heterocycles. The van der Waals surface area contributed by atoms with Gasteiger partial charge >= 0.3 is 0 Å². The van der Waals surface area contributed by atoms with Crippen molar-refractivity contribution in [2.45, 2.75) is 58.3 Å². The minimum Gasteiger partial charge on any atom is -0.204 e. The van der Waals surface area contributed by atoms with E-state index < -0.39 is 11.6 Å². The molecule has 0 bridgehead atoms. The summed E-state index contributed by atoms with van der Waals surface area (Å²) in [5.74, 6) is -1.60. The number of hydrogen-bond donors (Lipinski definition) is 0. The highest BCUT2D eigenvalue weighted by Gasteiger charge is 2.16. The molecule has 0 unspecified atom stereocenters. The van der Waals surface area contributed by atoms with Crippen molar-refractivity contribution in [1.29, 1.82) is 0 Å². The molecule has 0 amide bonds. The maximum Gasteiger partial charge on any atom is 0.167 e. The van der Waals surface area contributed by atoms with Gasteiger partial charge in [-0.2, -0.15) is 0 Å². The van der Waals surface area contributed by atoms with E-state index in [-0.39, 0.29) is 0 Å². The highest BCUT2D eigenvalue weighted by molar-refractivity contribution is 5.84. The lowest BCUT2D eigenvalue weighted by molar-refractivity contribution is 0.511. The van der Waals surface area contributed by atoms with Gasteiger partial charge in [-0.25, -0.2) is 8.78 Å². The fourth-order valence-corrected chi connectivity index (χ4v) is 3.82. The number of hydrogen-bond acceptors (Lipinski definition) is 0. The standard InChI is InChI=1S/C27H30F2/c1-2-3-4-5-6-7-9-12-21-15-17-23(18-16-21)26-24(19-20-25(28)27(26)29)22-13-10-8-11-14-22/h8,10-11,13-20H,2-7,9,12H2,1H3. The summed E-state index contributed by atoms with van der Waals surface area (Å²) in [5, 5.41) is 0. The van der Waals surface area contributed by atoms with Crippen LogP contribution in [-0.4, -0.2) is 0 Å². The number of aryl methyl sites for hydroxylation is 1. The van der Waals surface area contributed by atoms with Crippen molar-refractivity contribution in [2.75, 3.05) is 0 Å². The van der Waals surface area contributed by atoms with Gasteiger partial charge in [-0.3, -0.25) is 0 Å². The molecule has 0 aliphatic rings. The molecule has 0 aromatic heterocycles. The monoisotopic (exact) mass is 392 g/mol. The van der Waals surface area contributed by atoms with Crippen LogP contribution in [0.15, 0.2) is 66.7 Å². The molecule has 0 N–H and O–H groups in total. The van der Waals surface area contributed by atoms with E-state index in [1.54, 1.807) is 6.07 Å². The van der Waals surface area contributed by atoms with Crippen LogP contribution in [0.25, 0.3) is 22.3 Å². The molecule has 0 atom stereocenters. The van der Waals surface area contributed by atoms with Crippen molar-refractivity contribution < 1.29 is 8.78 Å². The van der Waals surface area contributed by atoms with Crippen molar-refractivity contribution in [3.63, 3.8) is 0 Å². The van der Waals surface area contributed by atoms with Gasteiger partial charge in [0.05, 0.1) is 0 Å². The molecule has 3 rings (SSSR count). The topological polar surface area (TPSA) is 0 Å². The molecule has 0 radical (unpaired) electrons. The van der Waals surface area contributed by atoms with Crippen LogP contribution in [0.5, 0.6) is 0 Å². The van der Waals surface area contributed by atoms with Crippen LogP contribution in [0.3, 0.4) is 0 Å². The van der Waals surface area contributed by atoms with Crippen LogP contribution in [0.1, 0.15) is 57.4 Å². The lowest BCUT2D eigenvalue weighted by atomic mass is 9.93. The summed E-state index contributed by atoms with van der Waals surface area (Å²) in [6.07, 6.45) is 10.0. The summed E-state index contributed by atoms with van der Waals surface area (Å²) in [6.45, 7) is 2.24. The predicted molar refractivity (Wildman–Crippen MR) is 119 cm³/mol. The minimum absolute atomic E-state index is 0.332. The van der Waals surface area contributed by atoms with E-state index in [1.807, 2.05) is 54.6 Å². The molecule has 29 heavy (non-hydrogen) atoms. The van der Waals surface area contributed by atoms with Gasteiger partial charge in [-0.05, 0) is 41.2 Å². The number of rotatable bonds is 10. The summed E-state index contributed by atoms with van der Waals surface area (Å²) < 4.78 is 28.7. The molecule has 0 saturated heterocycles. The maximum atomic E-state index is 14.7. The predicted octanol–water partition coefficient (Wildman–Crippen LogP) is 8.59. The molecule has 0 nitrogen and oxygen atoms in total. The van der Waals surface area contributed by atoms with Crippen LogP contribution in [0.4, 0.5) is 8.78 Å². The zero-order valence-electron chi connectivity index (χ0n) is 17.3. The summed E-state index contributed by atoms with van der Waals surface area (Å²) >= 11 is 0. The number of unbranched alkanes of at least 4 members (excludes halogenated alkanes) is 6. The van der Waals surface area contributed by atoms with Gasteiger partial charge < -0.3 is 0 Å². The zero-order chi connectivity index (χ0) is 20.5. The fourth-order valence-electron chi connectivity index (χ4n) is 3.82. The molecular formula is C27H30F2. The Hall–Kier alpha value is -2.48. The van der Waals surface area contributed by atoms with Gasteiger partial charge in [0, 0.05) is 5.56 Å². The summed E-state index contributed by atoms with van der Waals surface area (Å²) in [5.41, 5.74) is 3.89. The average molecular weight is 393 g/mol. The lowest BCUT2D eigenvalue weighted by Crippen LogP contribution is -1.95. The fraction of sp³-hybridized carbons (Fsp3) is 0.333. The SMILES string of the molecule is CCCCCCCCCc1ccc(-c2c(-c3ccccc3)ccc(F)c2F)cc1. The molecule has 0 aliphatic carbocycles. The third-order valence-electron chi connectivity index (χ3n) is 5.49. The Morgan fingerprint density at radius 3 is 1.97 bits per heavy atom. The van der Waals surface area contributed by atoms with E-state index >= 15 is 0 Å². The molecule has 0 fully saturated rings. The Kier molecular flexibility index (Phi) is 7.98. The minimum atomic E-state index is -0.813. The second-order valence-electron chi connectivity index (χ2n) is 7.72. The van der Waals surface area contributed by atoms with Crippen LogP contribution >= 0.6 is 0 Å². The van der Waals surface area contributed by atoms with Crippen LogP contribution in [0.2, 0.25) is 0 Å². The second-order valence-corrected chi connectivity index (χ2v) is 7.72. The Bertz CT molecular complexity index is 882. The van der Waals surface area contributed by atoms with E-state index in [4.69, 9.17) is 0 Å². The normalized spacial score (nSPS) is 11.0. The van der Waals surface area contributed by atoms with Crippen molar-refractivity contribution in [3.8, 4) is 22.3 Å². The van der Waals surface area contributed by atoms with E-state index in [2.05, 4.69) is 6.92 Å². The van der Waals surface area contributed by atoms with E-state index in [1.165, 1.54) is 56.6 Å². The molecule has 0 heterocycles. The average Bonchev–Trinajstić information content (AvgIpc) is 2.76. The van der Waals surface area contributed by atoms with Crippen molar-refractivity contribution >= 4 is 0 Å². The van der Waals surface area contributed by atoms with Crippen molar-refractivity contribution in [1.82, 2.24) is 0 Å². The first kappa shape index (κ1) is 21.2. The largest absolute Gasteiger partial charge is 0.204 e. The summed E-state index contributed by atoms with van der Waals surface area (Å²) in [6, 6.07) is 20.4. The highest BCUT2D eigenvalue weighted by atomic mass is 19.2. The molecular weight excluding hydrogens is 362 g/mol. The van der Waals surface area contributed by atoms with Crippen LogP contribution < -0.4 is 0 Å². The summed E-state index contributed by atoms with van der Waals surface area (Å²) in [4.78, 5) is 0. The van der Waals surface area contributed by atoms with Gasteiger partial charge in [0.1, 0.15) is 0 Å². The molecule has 0 saturated carbocycles. The zero-order valence-corrected chi connectivity index (χ0v) is 17.3. The first-order chi connectivity index (χ1) is 14.2. The second kappa shape index (κ2) is 10.9. The van der Waals surface area contributed by atoms with Gasteiger partial charge in [-0.1, -0.05) is 106 Å². The van der Waals surface area contributed by atoms with Crippen LogP contribution in [-0.2, 0) is 6.42 Å². The van der Waals surface area contributed by atoms with Gasteiger partial charge in [0.15, 0.2) is 11.6 Å². The third kappa shape index (κ3) is 5.76. The van der Waals surface area contributed by atoms with Gasteiger partial charge in [0.25, 0.3) is 0 Å². The van der Waals surface area contributed by atoms with E-state index in [0.717, 1.165) is 12.0 Å². The first-order valence-electron chi connectivity index (χ1n) is 10.8. The maximum absolute atomic E-state index is 14.7. The summed E-state index contributed by atoms with van der Waals surface area (Å²) in [7, 11) is 0. The van der Waals surface area contributed by atoms with E-state index in [9.17, 15) is 8.78 Å². The highest BCUT2D eigenvalue weighted by Crippen LogP contribution is 2.35. The Morgan fingerprint density at radius 1 is 0.621 bits per heavy atom. The smallest absolute Gasteiger partial charge is 0.167 e.